The first-order valence-electron chi connectivity index (χ1n) is 7.68. The van der Waals surface area contributed by atoms with Crippen LogP contribution in [-0.4, -0.2) is 37.4 Å². The van der Waals surface area contributed by atoms with E-state index in [1.54, 1.807) is 0 Å². The van der Waals surface area contributed by atoms with E-state index in [2.05, 4.69) is 14.2 Å². The van der Waals surface area contributed by atoms with Crippen molar-refractivity contribution in [3.8, 4) is 5.75 Å². The fourth-order valence-corrected chi connectivity index (χ4v) is 2.37. The van der Waals surface area contributed by atoms with Gasteiger partial charge in [0.2, 0.25) is 0 Å². The van der Waals surface area contributed by atoms with Gasteiger partial charge in [-0.15, -0.1) is 13.2 Å². The van der Waals surface area contributed by atoms with E-state index in [0.717, 1.165) is 43.5 Å². The smallest absolute Gasteiger partial charge is 0.465 e. The van der Waals surface area contributed by atoms with Crippen LogP contribution in [0.4, 0.5) is 24.5 Å². The maximum absolute atomic E-state index is 12.8. The number of nitro benzene ring substituents is 1. The van der Waals surface area contributed by atoms with Crippen LogP contribution in [0.25, 0.3) is 0 Å². The zero-order chi connectivity index (χ0) is 21.8. The van der Waals surface area contributed by atoms with E-state index >= 15 is 0 Å². The number of non-ortho nitro benzene ring substituents is 1. The molecule has 9 nitrogen and oxygen atoms in total. The van der Waals surface area contributed by atoms with Gasteiger partial charge in [-0.2, -0.15) is 0 Å². The minimum atomic E-state index is -5.13. The van der Waals surface area contributed by atoms with Crippen molar-refractivity contribution in [1.82, 2.24) is 0 Å². The number of nitrogens with zero attached hydrogens (tertiary/aromatic N) is 2. The van der Waals surface area contributed by atoms with Gasteiger partial charge in [0.25, 0.3) is 5.69 Å². The number of carbonyl (C=O) groups excluding carboxylic acids is 2. The number of halogens is 3. The van der Waals surface area contributed by atoms with Crippen molar-refractivity contribution in [2.24, 2.45) is 0 Å². The molecule has 0 saturated carbocycles. The van der Waals surface area contributed by atoms with Gasteiger partial charge in [-0.3, -0.25) is 10.1 Å². The number of alkyl halides is 3. The molecule has 0 atom stereocenters. The van der Waals surface area contributed by atoms with E-state index in [-0.39, 0.29) is 5.57 Å². The fourth-order valence-electron chi connectivity index (χ4n) is 2.37. The molecule has 1 aromatic carbocycles. The topological polar surface area (TPSA) is 108 Å². The maximum Gasteiger partial charge on any atom is 0.573 e. The molecule has 0 aliphatic carbocycles. The Morgan fingerprint density at radius 3 is 2.31 bits per heavy atom. The lowest BCUT2D eigenvalue weighted by Crippen LogP contribution is -2.28. The van der Waals surface area contributed by atoms with E-state index in [0.29, 0.717) is 0 Å². The molecule has 0 saturated heterocycles. The van der Waals surface area contributed by atoms with Gasteiger partial charge in [0, 0.05) is 18.3 Å². The highest BCUT2D eigenvalue weighted by atomic mass is 19.4. The lowest BCUT2D eigenvalue weighted by atomic mass is 10.1. The molecule has 1 aromatic rings. The molecule has 0 N–H and O–H groups in total. The predicted molar refractivity (Wildman–Crippen MR) is 91.6 cm³/mol. The molecular weight excluding hydrogens is 401 g/mol. The molecule has 1 heterocycles. The third-order valence-corrected chi connectivity index (χ3v) is 3.53. The fraction of sp³-hybridized carbons (Fsp3) is 0.176. The van der Waals surface area contributed by atoms with Crippen molar-refractivity contribution in [2.45, 2.75) is 6.36 Å². The lowest BCUT2D eigenvalue weighted by Gasteiger charge is -2.25. The number of carbonyl (C=O) groups is 2. The molecule has 0 unspecified atom stereocenters. The summed E-state index contributed by atoms with van der Waals surface area (Å²) in [6.07, 6.45) is -0.234. The second kappa shape index (κ2) is 8.46. The molecular formula is C17H13F3N2O7. The van der Waals surface area contributed by atoms with Crippen molar-refractivity contribution in [2.75, 3.05) is 19.1 Å². The summed E-state index contributed by atoms with van der Waals surface area (Å²) in [6.45, 7) is 0. The summed E-state index contributed by atoms with van der Waals surface area (Å²) in [4.78, 5) is 35.5. The highest BCUT2D eigenvalue weighted by molar-refractivity contribution is 6.05. The summed E-state index contributed by atoms with van der Waals surface area (Å²) in [7, 11) is 2.02. The Morgan fingerprint density at radius 1 is 1.10 bits per heavy atom. The summed E-state index contributed by atoms with van der Waals surface area (Å²) in [6, 6.07) is 2.28. The van der Waals surface area contributed by atoms with Crippen LogP contribution in [-0.2, 0) is 19.1 Å². The Bertz CT molecular complexity index is 935. The van der Waals surface area contributed by atoms with Crippen molar-refractivity contribution < 1.29 is 41.9 Å². The van der Waals surface area contributed by atoms with Crippen molar-refractivity contribution in [3.05, 3.63) is 64.0 Å². The molecule has 0 aromatic heterocycles. The van der Waals surface area contributed by atoms with Gasteiger partial charge in [-0.25, -0.2) is 9.59 Å². The average molecular weight is 414 g/mol. The van der Waals surface area contributed by atoms with Crippen LogP contribution in [0, 0.1) is 10.1 Å². The Morgan fingerprint density at radius 2 is 1.76 bits per heavy atom. The molecule has 154 valence electrons. The maximum atomic E-state index is 12.8. The lowest BCUT2D eigenvalue weighted by molar-refractivity contribution is -0.384. The van der Waals surface area contributed by atoms with Crippen LogP contribution in [0.2, 0.25) is 0 Å². The first-order valence-corrected chi connectivity index (χ1v) is 7.68. The van der Waals surface area contributed by atoms with Gasteiger partial charge in [-0.05, 0) is 18.2 Å². The Kier molecular flexibility index (Phi) is 6.26. The van der Waals surface area contributed by atoms with E-state index in [4.69, 9.17) is 0 Å². The number of ether oxygens (including phenoxy) is 3. The number of esters is 2. The van der Waals surface area contributed by atoms with Crippen LogP contribution in [0.3, 0.4) is 0 Å². The highest BCUT2D eigenvalue weighted by Gasteiger charge is 2.35. The molecule has 29 heavy (non-hydrogen) atoms. The quantitative estimate of drug-likeness (QED) is 0.411. The van der Waals surface area contributed by atoms with E-state index in [1.807, 2.05) is 0 Å². The zero-order valence-corrected chi connectivity index (χ0v) is 14.9. The van der Waals surface area contributed by atoms with Gasteiger partial charge < -0.3 is 19.1 Å². The molecule has 0 amide bonds. The summed E-state index contributed by atoms with van der Waals surface area (Å²) in [5.74, 6) is -2.94. The molecule has 0 spiro atoms. The number of methoxy groups -OCH3 is 2. The van der Waals surface area contributed by atoms with E-state index in [1.165, 1.54) is 18.2 Å². The van der Waals surface area contributed by atoms with Crippen molar-refractivity contribution in [3.63, 3.8) is 0 Å². The second-order valence-electron chi connectivity index (χ2n) is 5.27. The molecule has 2 rings (SSSR count). The summed E-state index contributed by atoms with van der Waals surface area (Å²) in [5, 5.41) is 11.1. The Balaban J connectivity index is 2.80. The van der Waals surface area contributed by atoms with E-state index < -0.39 is 46.0 Å². The van der Waals surface area contributed by atoms with Crippen LogP contribution < -0.4 is 9.64 Å². The van der Waals surface area contributed by atoms with Gasteiger partial charge in [-0.1, -0.05) is 6.08 Å². The number of anilines is 1. The monoisotopic (exact) mass is 414 g/mol. The van der Waals surface area contributed by atoms with Gasteiger partial charge in [0.15, 0.2) is 5.75 Å². The first kappa shape index (κ1) is 21.5. The van der Waals surface area contributed by atoms with Crippen LogP contribution in [0.5, 0.6) is 5.75 Å². The largest absolute Gasteiger partial charge is 0.573 e. The van der Waals surface area contributed by atoms with Crippen LogP contribution in [0.1, 0.15) is 0 Å². The second-order valence-corrected chi connectivity index (χ2v) is 5.27. The standard InChI is InChI=1S/C17H13F3N2O7/c1-27-15(23)11-5-3-4-8-21(14(11)16(24)28-2)12-9-10(22(25)26)6-7-13(12)29-17(18,19)20/h3-9H,1-2H3. The van der Waals surface area contributed by atoms with E-state index in [9.17, 15) is 32.9 Å². The van der Waals surface area contributed by atoms with Crippen LogP contribution in [0.15, 0.2) is 53.9 Å². The molecule has 12 heteroatoms. The molecule has 0 bridgehead atoms. The number of benzene rings is 1. The van der Waals surface area contributed by atoms with Crippen molar-refractivity contribution in [1.29, 1.82) is 0 Å². The number of rotatable bonds is 5. The molecule has 1 aliphatic heterocycles. The Labute approximate surface area is 161 Å². The highest BCUT2D eigenvalue weighted by Crippen LogP contribution is 2.39. The molecule has 0 fully saturated rings. The van der Waals surface area contributed by atoms with Crippen molar-refractivity contribution >= 4 is 23.3 Å². The number of hydrogen-bond acceptors (Lipinski definition) is 8. The summed E-state index contributed by atoms with van der Waals surface area (Å²) < 4.78 is 51.6. The molecule has 1 aliphatic rings. The number of allylic oxidation sites excluding steroid dienone is 2. The summed E-state index contributed by atoms with van der Waals surface area (Å²) in [5.41, 5.74) is -1.99. The zero-order valence-electron chi connectivity index (χ0n) is 14.9. The number of hydrogen-bond donors (Lipinski definition) is 0. The van der Waals surface area contributed by atoms with Gasteiger partial charge in [0.1, 0.15) is 5.70 Å². The Hall–Kier alpha value is -3.83. The minimum Gasteiger partial charge on any atom is -0.465 e. The van der Waals surface area contributed by atoms with Crippen LogP contribution >= 0.6 is 0 Å². The minimum absolute atomic E-state index is 0.353. The third-order valence-electron chi connectivity index (χ3n) is 3.53. The van der Waals surface area contributed by atoms with Gasteiger partial charge >= 0.3 is 18.3 Å². The normalized spacial score (nSPS) is 13.8. The SMILES string of the molecule is COC(=O)C1=C(C(=O)OC)N(c2cc([N+](=O)[O-])ccc2OC(F)(F)F)C=CC=C1. The number of nitro groups is 1. The summed E-state index contributed by atoms with van der Waals surface area (Å²) >= 11 is 0. The third kappa shape index (κ3) is 4.91. The first-order chi connectivity index (χ1) is 13.6. The predicted octanol–water partition coefficient (Wildman–Crippen LogP) is 2.98. The average Bonchev–Trinajstić information content (AvgIpc) is 2.88. The molecule has 0 radical (unpaired) electrons. The van der Waals surface area contributed by atoms with Gasteiger partial charge in [0.05, 0.1) is 30.4 Å².